The molecule has 0 aliphatic rings. The summed E-state index contributed by atoms with van der Waals surface area (Å²) in [4.78, 5) is 1.30. The molecule has 0 bridgehead atoms. The molecule has 0 fully saturated rings. The van der Waals surface area contributed by atoms with Gasteiger partial charge in [0, 0.05) is 10.6 Å². The summed E-state index contributed by atoms with van der Waals surface area (Å²) < 4.78 is 16.1. The van der Waals surface area contributed by atoms with E-state index in [4.69, 9.17) is 5.73 Å². The predicted octanol–water partition coefficient (Wildman–Crippen LogP) is 2.36. The Hall–Kier alpha value is -0.390. The van der Waals surface area contributed by atoms with Gasteiger partial charge in [0.15, 0.2) is 0 Å². The quantitative estimate of drug-likeness (QED) is 0.464. The monoisotopic (exact) mass is 218 g/mol. The first-order chi connectivity index (χ1) is 6.19. The zero-order chi connectivity index (χ0) is 9.84. The molecule has 1 rings (SSSR count). The highest BCUT2D eigenvalue weighted by Crippen LogP contribution is 2.29. The second kappa shape index (κ2) is 4.74. The van der Waals surface area contributed by atoms with Gasteiger partial charge in [-0.25, -0.2) is 4.39 Å². The molecule has 0 amide bonds. The highest BCUT2D eigenvalue weighted by molar-refractivity contribution is 7.98. The van der Waals surface area contributed by atoms with Gasteiger partial charge in [-0.15, -0.1) is 11.8 Å². The fraction of sp³-hybridized carbons (Fsp3) is 0.250. The minimum absolute atomic E-state index is 0.238. The second-order valence-electron chi connectivity index (χ2n) is 2.33. The second-order valence-corrected chi connectivity index (χ2v) is 4.23. The van der Waals surface area contributed by atoms with Crippen molar-refractivity contribution in [3.05, 3.63) is 17.9 Å². The van der Waals surface area contributed by atoms with Gasteiger partial charge in [0.25, 0.3) is 0 Å². The molecule has 0 aromatic heterocycles. The van der Waals surface area contributed by atoms with E-state index in [-0.39, 0.29) is 5.82 Å². The van der Waals surface area contributed by atoms with Crippen LogP contribution in [0.5, 0.6) is 0 Å². The van der Waals surface area contributed by atoms with Gasteiger partial charge in [-0.2, -0.15) is 0 Å². The van der Waals surface area contributed by atoms with Gasteiger partial charge in [0.05, 0.1) is 4.90 Å². The van der Waals surface area contributed by atoms with Crippen LogP contribution in [-0.2, 0) is 0 Å². The Labute approximate surface area is 85.6 Å². The van der Waals surface area contributed by atoms with Gasteiger partial charge < -0.3 is 5.73 Å². The van der Waals surface area contributed by atoms with E-state index in [2.05, 4.69) is 4.72 Å². The van der Waals surface area contributed by atoms with Crippen LogP contribution in [0.4, 0.5) is 10.1 Å². The van der Waals surface area contributed by atoms with Crippen LogP contribution in [-0.4, -0.2) is 13.3 Å². The molecule has 0 atom stereocenters. The average molecular weight is 218 g/mol. The van der Waals surface area contributed by atoms with E-state index in [1.54, 1.807) is 13.1 Å². The lowest BCUT2D eigenvalue weighted by molar-refractivity contribution is 0.598. The van der Waals surface area contributed by atoms with Crippen molar-refractivity contribution in [2.24, 2.45) is 0 Å². The number of nitrogens with two attached hydrogens (primary N) is 1. The average Bonchev–Trinajstić information content (AvgIpc) is 2.11. The van der Waals surface area contributed by atoms with Gasteiger partial charge in [0.2, 0.25) is 0 Å². The molecule has 1 aromatic rings. The van der Waals surface area contributed by atoms with Crippen LogP contribution in [0.2, 0.25) is 0 Å². The number of nitrogens with one attached hydrogen (secondary N) is 1. The summed E-state index contributed by atoms with van der Waals surface area (Å²) in [6.07, 6.45) is 1.87. The smallest absolute Gasteiger partial charge is 0.139 e. The fourth-order valence-corrected chi connectivity index (χ4v) is 1.99. The molecule has 1 aromatic carbocycles. The number of thioether (sulfide) groups is 1. The minimum Gasteiger partial charge on any atom is -0.398 e. The maximum absolute atomic E-state index is 13.3. The molecule has 0 radical (unpaired) electrons. The first kappa shape index (κ1) is 10.7. The van der Waals surface area contributed by atoms with E-state index in [1.165, 1.54) is 29.8 Å². The van der Waals surface area contributed by atoms with Crippen molar-refractivity contribution in [2.45, 2.75) is 9.79 Å². The van der Waals surface area contributed by atoms with E-state index >= 15 is 0 Å². The topological polar surface area (TPSA) is 38.0 Å². The first-order valence-electron chi connectivity index (χ1n) is 3.65. The summed E-state index contributed by atoms with van der Waals surface area (Å²) in [6, 6.07) is 3.10. The molecule has 0 aliphatic carbocycles. The molecule has 13 heavy (non-hydrogen) atoms. The molecule has 0 spiro atoms. The maximum Gasteiger partial charge on any atom is 0.139 e. The van der Waals surface area contributed by atoms with Crippen LogP contribution in [0.15, 0.2) is 21.9 Å². The number of hydrogen-bond acceptors (Lipinski definition) is 4. The fourth-order valence-electron chi connectivity index (χ4n) is 0.916. The predicted molar refractivity (Wildman–Crippen MR) is 57.5 cm³/mol. The van der Waals surface area contributed by atoms with Crippen molar-refractivity contribution < 1.29 is 4.39 Å². The Balaban J connectivity index is 3.05. The summed E-state index contributed by atoms with van der Waals surface area (Å²) in [5, 5.41) is 0. The summed E-state index contributed by atoms with van der Waals surface area (Å²) in [5.41, 5.74) is 6.32. The molecule has 72 valence electrons. The highest BCUT2D eigenvalue weighted by Gasteiger charge is 2.06. The lowest BCUT2D eigenvalue weighted by Gasteiger charge is -2.06. The molecule has 3 N–H and O–H groups in total. The molecule has 2 nitrogen and oxygen atoms in total. The van der Waals surface area contributed by atoms with Crippen molar-refractivity contribution in [1.82, 2.24) is 4.72 Å². The third-order valence-corrected chi connectivity index (χ3v) is 3.03. The highest BCUT2D eigenvalue weighted by atomic mass is 32.2. The molecule has 0 heterocycles. The standard InChI is InChI=1S/C8H11FN2S2/c1-11-13-7-4-6(10)8(12-2)3-5(7)9/h3-4,11H,10H2,1-2H3. The molecule has 5 heteroatoms. The van der Waals surface area contributed by atoms with Crippen LogP contribution in [0.1, 0.15) is 0 Å². The SMILES string of the molecule is CNSc1cc(N)c(SC)cc1F. The van der Waals surface area contributed by atoms with E-state index in [9.17, 15) is 4.39 Å². The number of hydrogen-bond donors (Lipinski definition) is 2. The third-order valence-electron chi connectivity index (χ3n) is 1.50. The Bertz CT molecular complexity index is 304. The summed E-state index contributed by atoms with van der Waals surface area (Å²) in [7, 11) is 1.74. The van der Waals surface area contributed by atoms with Crippen LogP contribution in [0.25, 0.3) is 0 Å². The lowest BCUT2D eigenvalue weighted by atomic mass is 10.3. The van der Waals surface area contributed by atoms with Gasteiger partial charge in [-0.1, -0.05) is 0 Å². The van der Waals surface area contributed by atoms with Crippen molar-refractivity contribution in [3.63, 3.8) is 0 Å². The Kier molecular flexibility index (Phi) is 3.90. The molecule has 0 saturated heterocycles. The van der Waals surface area contributed by atoms with Gasteiger partial charge in [-0.05, 0) is 37.4 Å². The summed E-state index contributed by atoms with van der Waals surface area (Å²) >= 11 is 2.66. The zero-order valence-electron chi connectivity index (χ0n) is 7.43. The van der Waals surface area contributed by atoms with E-state index in [0.29, 0.717) is 10.6 Å². The number of anilines is 1. The number of halogens is 1. The third kappa shape index (κ3) is 2.52. The Morgan fingerprint density at radius 1 is 1.38 bits per heavy atom. The lowest BCUT2D eigenvalue weighted by Crippen LogP contribution is -1.96. The Morgan fingerprint density at radius 3 is 2.62 bits per heavy atom. The largest absolute Gasteiger partial charge is 0.398 e. The molecular weight excluding hydrogens is 207 g/mol. The number of nitrogen functional groups attached to an aromatic ring is 1. The molecule has 0 aliphatic heterocycles. The van der Waals surface area contributed by atoms with Crippen LogP contribution in [0.3, 0.4) is 0 Å². The Morgan fingerprint density at radius 2 is 2.08 bits per heavy atom. The molecule has 0 unspecified atom stereocenters. The van der Waals surface area contributed by atoms with Gasteiger partial charge in [0.1, 0.15) is 5.82 Å². The van der Waals surface area contributed by atoms with E-state index < -0.39 is 0 Å². The van der Waals surface area contributed by atoms with Crippen molar-refractivity contribution in [3.8, 4) is 0 Å². The van der Waals surface area contributed by atoms with Gasteiger partial charge in [-0.3, -0.25) is 4.72 Å². The van der Waals surface area contributed by atoms with Crippen LogP contribution < -0.4 is 10.5 Å². The normalized spacial score (nSPS) is 10.4. The van der Waals surface area contributed by atoms with Crippen LogP contribution >= 0.6 is 23.7 Å². The first-order valence-corrected chi connectivity index (χ1v) is 5.69. The van der Waals surface area contributed by atoms with E-state index in [1.807, 2.05) is 6.26 Å². The van der Waals surface area contributed by atoms with Crippen LogP contribution in [0, 0.1) is 5.82 Å². The minimum atomic E-state index is -0.238. The van der Waals surface area contributed by atoms with Gasteiger partial charge >= 0.3 is 0 Å². The van der Waals surface area contributed by atoms with Crippen molar-refractivity contribution in [1.29, 1.82) is 0 Å². The summed E-state index contributed by atoms with van der Waals surface area (Å²) in [5.74, 6) is -0.238. The zero-order valence-corrected chi connectivity index (χ0v) is 9.06. The summed E-state index contributed by atoms with van der Waals surface area (Å²) in [6.45, 7) is 0. The maximum atomic E-state index is 13.3. The molecular formula is C8H11FN2S2. The van der Waals surface area contributed by atoms with Crippen molar-refractivity contribution in [2.75, 3.05) is 19.0 Å². The molecule has 0 saturated carbocycles. The number of rotatable bonds is 3. The van der Waals surface area contributed by atoms with E-state index in [0.717, 1.165) is 4.90 Å². The number of benzene rings is 1. The van der Waals surface area contributed by atoms with Crippen molar-refractivity contribution >= 4 is 29.4 Å².